The molecule has 1 aromatic carbocycles. The van der Waals surface area contributed by atoms with Gasteiger partial charge in [0.1, 0.15) is 0 Å². The second kappa shape index (κ2) is 6.62. The van der Waals surface area contributed by atoms with Crippen LogP contribution in [0, 0.1) is 5.92 Å². The Balaban J connectivity index is 1.53. The van der Waals surface area contributed by atoms with Crippen molar-refractivity contribution in [3.63, 3.8) is 0 Å². The van der Waals surface area contributed by atoms with Gasteiger partial charge in [0.25, 0.3) is 0 Å². The van der Waals surface area contributed by atoms with Gasteiger partial charge in [0.05, 0.1) is 0 Å². The van der Waals surface area contributed by atoms with Crippen molar-refractivity contribution >= 4 is 5.69 Å². The molecule has 2 nitrogen and oxygen atoms in total. The van der Waals surface area contributed by atoms with Gasteiger partial charge in [0.15, 0.2) is 0 Å². The highest BCUT2D eigenvalue weighted by Gasteiger charge is 2.33. The van der Waals surface area contributed by atoms with Crippen LogP contribution in [0.4, 0.5) is 5.69 Å². The molecule has 3 saturated heterocycles. The van der Waals surface area contributed by atoms with E-state index in [0.717, 1.165) is 5.92 Å². The van der Waals surface area contributed by atoms with Crippen LogP contribution in [0.2, 0.25) is 0 Å². The summed E-state index contributed by atoms with van der Waals surface area (Å²) in [6.07, 6.45) is 7.97. The highest BCUT2D eigenvalue weighted by Crippen LogP contribution is 2.29. The molecule has 1 N–H and O–H groups in total. The van der Waals surface area contributed by atoms with E-state index in [-0.39, 0.29) is 0 Å². The Labute approximate surface area is 123 Å². The molecule has 3 fully saturated rings. The molecule has 2 bridgehead atoms. The van der Waals surface area contributed by atoms with Gasteiger partial charge in [-0.2, -0.15) is 0 Å². The molecule has 110 valence electrons. The highest BCUT2D eigenvalue weighted by molar-refractivity contribution is 5.46. The topological polar surface area (TPSA) is 15.3 Å². The Hall–Kier alpha value is -1.02. The summed E-state index contributed by atoms with van der Waals surface area (Å²) in [5.41, 5.74) is 2.79. The zero-order valence-electron chi connectivity index (χ0n) is 12.8. The molecule has 4 rings (SSSR count). The first-order valence-electron chi connectivity index (χ1n) is 8.43. The number of piperidine rings is 3. The lowest BCUT2D eigenvalue weighted by Crippen LogP contribution is -2.53. The number of fused-ring (bicyclic) bond motifs is 3. The quantitative estimate of drug-likeness (QED) is 0.789. The van der Waals surface area contributed by atoms with E-state index in [9.17, 15) is 0 Å². The number of anilines is 1. The maximum atomic E-state index is 3.77. The van der Waals surface area contributed by atoms with Gasteiger partial charge in [-0.15, -0.1) is 0 Å². The van der Waals surface area contributed by atoms with Crippen molar-refractivity contribution in [1.29, 1.82) is 0 Å². The third-order valence-corrected chi connectivity index (χ3v) is 5.03. The monoisotopic (exact) mass is 272 g/mol. The number of unbranched alkanes of at least 4 members (excludes halogenated alkanes) is 2. The first-order valence-corrected chi connectivity index (χ1v) is 8.43. The van der Waals surface area contributed by atoms with Crippen molar-refractivity contribution in [3.05, 3.63) is 29.8 Å². The lowest BCUT2D eigenvalue weighted by Gasteiger charge is -2.45. The molecule has 1 atom stereocenters. The van der Waals surface area contributed by atoms with E-state index in [4.69, 9.17) is 0 Å². The third-order valence-electron chi connectivity index (χ3n) is 5.03. The first kappa shape index (κ1) is 13.9. The second-order valence-electron chi connectivity index (χ2n) is 6.54. The molecule has 0 spiro atoms. The molecule has 0 radical (unpaired) electrons. The van der Waals surface area contributed by atoms with Gasteiger partial charge >= 0.3 is 0 Å². The molecule has 0 amide bonds. The van der Waals surface area contributed by atoms with Gasteiger partial charge in [-0.3, -0.25) is 0 Å². The fraction of sp³-hybridized carbons (Fsp3) is 0.667. The third kappa shape index (κ3) is 3.35. The molecule has 1 unspecified atom stereocenters. The summed E-state index contributed by atoms with van der Waals surface area (Å²) in [7, 11) is 0. The van der Waals surface area contributed by atoms with Gasteiger partial charge in [-0.05, 0) is 62.4 Å². The van der Waals surface area contributed by atoms with E-state index in [0.29, 0.717) is 6.04 Å². The molecule has 20 heavy (non-hydrogen) atoms. The maximum Gasteiger partial charge on any atom is 0.0417 e. The maximum absolute atomic E-state index is 3.77. The predicted molar refractivity (Wildman–Crippen MR) is 86.2 cm³/mol. The molecule has 1 aromatic rings. The van der Waals surface area contributed by atoms with Gasteiger partial charge < -0.3 is 10.2 Å². The summed E-state index contributed by atoms with van der Waals surface area (Å²) < 4.78 is 0. The van der Waals surface area contributed by atoms with Crippen molar-refractivity contribution in [2.24, 2.45) is 5.92 Å². The molecular weight excluding hydrogens is 244 g/mol. The van der Waals surface area contributed by atoms with E-state index in [2.05, 4.69) is 41.4 Å². The number of benzene rings is 1. The molecule has 3 aliphatic heterocycles. The summed E-state index contributed by atoms with van der Waals surface area (Å²) in [5.74, 6) is 0.893. The van der Waals surface area contributed by atoms with Crippen molar-refractivity contribution < 1.29 is 0 Å². The molecule has 3 aliphatic rings. The van der Waals surface area contributed by atoms with Crippen molar-refractivity contribution in [2.45, 2.75) is 51.5 Å². The zero-order valence-corrected chi connectivity index (χ0v) is 12.8. The van der Waals surface area contributed by atoms with Crippen LogP contribution in [0.1, 0.15) is 44.6 Å². The Morgan fingerprint density at radius 2 is 1.85 bits per heavy atom. The Bertz CT molecular complexity index is 404. The van der Waals surface area contributed by atoms with Gasteiger partial charge in [-0.1, -0.05) is 31.9 Å². The highest BCUT2D eigenvalue weighted by atomic mass is 15.2. The molecule has 3 heterocycles. The van der Waals surface area contributed by atoms with E-state index < -0.39 is 0 Å². The van der Waals surface area contributed by atoms with Crippen LogP contribution in [-0.4, -0.2) is 30.6 Å². The number of hydrogen-bond donors (Lipinski definition) is 1. The van der Waals surface area contributed by atoms with Crippen LogP contribution in [-0.2, 0) is 6.42 Å². The average molecular weight is 272 g/mol. The molecule has 0 aromatic heterocycles. The van der Waals surface area contributed by atoms with Crippen molar-refractivity contribution in [2.75, 3.05) is 25.0 Å². The minimum atomic E-state index is 0.670. The molecule has 0 saturated carbocycles. The van der Waals surface area contributed by atoms with Crippen LogP contribution >= 0.6 is 0 Å². The SMILES string of the molecule is CCCCCc1ccc(NC2CN3CCC2CC3)cc1. The Morgan fingerprint density at radius 3 is 2.45 bits per heavy atom. The second-order valence-corrected chi connectivity index (χ2v) is 6.54. The number of aryl methyl sites for hydroxylation is 1. The van der Waals surface area contributed by atoms with Gasteiger partial charge in [0.2, 0.25) is 0 Å². The smallest absolute Gasteiger partial charge is 0.0417 e. The number of hydrogen-bond acceptors (Lipinski definition) is 2. The van der Waals surface area contributed by atoms with Crippen LogP contribution in [0.15, 0.2) is 24.3 Å². The predicted octanol–water partition coefficient (Wildman–Crippen LogP) is 3.93. The number of nitrogens with one attached hydrogen (secondary N) is 1. The van der Waals surface area contributed by atoms with Gasteiger partial charge in [-0.25, -0.2) is 0 Å². The Kier molecular flexibility index (Phi) is 4.62. The van der Waals surface area contributed by atoms with E-state index >= 15 is 0 Å². The summed E-state index contributed by atoms with van der Waals surface area (Å²) in [6.45, 7) is 6.14. The van der Waals surface area contributed by atoms with E-state index in [1.54, 1.807) is 0 Å². The summed E-state index contributed by atoms with van der Waals surface area (Å²) in [6, 6.07) is 9.83. The van der Waals surface area contributed by atoms with Crippen LogP contribution in [0.25, 0.3) is 0 Å². The molecular formula is C18H28N2. The van der Waals surface area contributed by atoms with Crippen LogP contribution < -0.4 is 5.32 Å². The summed E-state index contributed by atoms with van der Waals surface area (Å²) in [5, 5.41) is 3.77. The largest absolute Gasteiger partial charge is 0.381 e. The van der Waals surface area contributed by atoms with E-state index in [1.165, 1.54) is 69.4 Å². The minimum absolute atomic E-state index is 0.670. The Morgan fingerprint density at radius 1 is 1.10 bits per heavy atom. The molecule has 0 aliphatic carbocycles. The van der Waals surface area contributed by atoms with Crippen molar-refractivity contribution in [1.82, 2.24) is 4.90 Å². The number of rotatable bonds is 6. The van der Waals surface area contributed by atoms with Crippen molar-refractivity contribution in [3.8, 4) is 0 Å². The standard InChI is InChI=1S/C18H28N2/c1-2-3-4-5-15-6-8-17(9-7-15)19-18-14-20-12-10-16(18)11-13-20/h6-9,16,18-19H,2-5,10-14H2,1H3. The number of nitrogens with zero attached hydrogens (tertiary/aromatic N) is 1. The average Bonchev–Trinajstić information content (AvgIpc) is 2.51. The lowest BCUT2D eigenvalue weighted by atomic mass is 9.84. The van der Waals surface area contributed by atoms with E-state index in [1.807, 2.05) is 0 Å². The lowest BCUT2D eigenvalue weighted by molar-refractivity contribution is 0.0975. The normalized spacial score (nSPS) is 28.6. The fourth-order valence-electron chi connectivity index (χ4n) is 3.69. The fourth-order valence-corrected chi connectivity index (χ4v) is 3.69. The molecule has 2 heteroatoms. The van der Waals surface area contributed by atoms with Crippen LogP contribution in [0.3, 0.4) is 0 Å². The zero-order chi connectivity index (χ0) is 13.8. The minimum Gasteiger partial charge on any atom is -0.381 e. The first-order chi connectivity index (χ1) is 9.85. The van der Waals surface area contributed by atoms with Gasteiger partial charge in [0, 0.05) is 18.3 Å². The summed E-state index contributed by atoms with van der Waals surface area (Å²) in [4.78, 5) is 2.61. The van der Waals surface area contributed by atoms with Crippen LogP contribution in [0.5, 0.6) is 0 Å². The summed E-state index contributed by atoms with van der Waals surface area (Å²) >= 11 is 0.